The van der Waals surface area contributed by atoms with Crippen molar-refractivity contribution in [2.45, 2.75) is 12.5 Å². The van der Waals surface area contributed by atoms with E-state index in [0.717, 1.165) is 5.56 Å². The van der Waals surface area contributed by atoms with Crippen LogP contribution < -0.4 is 9.47 Å². The van der Waals surface area contributed by atoms with Crippen molar-refractivity contribution in [3.05, 3.63) is 58.6 Å². The molecule has 1 heterocycles. The molecule has 2 aromatic rings. The number of rotatable bonds is 2. The highest BCUT2D eigenvalue weighted by molar-refractivity contribution is 6.30. The van der Waals surface area contributed by atoms with Crippen molar-refractivity contribution in [1.82, 2.24) is 0 Å². The van der Waals surface area contributed by atoms with Crippen LogP contribution in [0.1, 0.15) is 28.4 Å². The van der Waals surface area contributed by atoms with Gasteiger partial charge in [-0.25, -0.2) is 0 Å². The number of carbonyl (C=O) groups is 1. The maximum atomic E-state index is 12.2. The molecule has 0 fully saturated rings. The number of halogens is 1. The van der Waals surface area contributed by atoms with Crippen molar-refractivity contribution in [2.75, 3.05) is 7.11 Å². The predicted octanol–water partition coefficient (Wildman–Crippen LogP) is 4.06. The van der Waals surface area contributed by atoms with E-state index in [-0.39, 0.29) is 11.9 Å². The lowest BCUT2D eigenvalue weighted by atomic mass is 9.96. The van der Waals surface area contributed by atoms with Gasteiger partial charge in [0, 0.05) is 11.1 Å². The first-order valence-electron chi connectivity index (χ1n) is 6.31. The lowest BCUT2D eigenvalue weighted by Crippen LogP contribution is -2.20. The normalized spacial score (nSPS) is 17.3. The van der Waals surface area contributed by atoms with Gasteiger partial charge in [0.1, 0.15) is 17.6 Å². The third-order valence-corrected chi connectivity index (χ3v) is 3.62. The molecular formula is C16H13ClO3. The molecule has 0 aliphatic carbocycles. The predicted molar refractivity (Wildman–Crippen MR) is 76.8 cm³/mol. The van der Waals surface area contributed by atoms with Crippen LogP contribution in [0.15, 0.2) is 42.5 Å². The standard InChI is InChI=1S/C16H13ClO3/c1-19-12-6-7-13-14(18)9-15(20-16(13)8-12)10-2-4-11(17)5-3-10/h2-8,15H,9H2,1H3. The quantitative estimate of drug-likeness (QED) is 0.836. The second kappa shape index (κ2) is 5.17. The maximum Gasteiger partial charge on any atom is 0.170 e. The van der Waals surface area contributed by atoms with Crippen molar-refractivity contribution in [3.8, 4) is 11.5 Å². The number of hydrogen-bond acceptors (Lipinski definition) is 3. The average Bonchev–Trinajstić information content (AvgIpc) is 2.47. The number of carbonyl (C=O) groups excluding carboxylic acids is 1. The fourth-order valence-corrected chi connectivity index (χ4v) is 2.42. The van der Waals surface area contributed by atoms with Crippen LogP contribution in [0.5, 0.6) is 11.5 Å². The number of methoxy groups -OCH3 is 1. The van der Waals surface area contributed by atoms with Gasteiger partial charge in [-0.05, 0) is 29.8 Å². The molecule has 1 unspecified atom stereocenters. The number of fused-ring (bicyclic) bond motifs is 1. The first-order valence-corrected chi connectivity index (χ1v) is 6.68. The summed E-state index contributed by atoms with van der Waals surface area (Å²) in [6.07, 6.45) is 0.0559. The van der Waals surface area contributed by atoms with E-state index in [1.54, 1.807) is 37.4 Å². The van der Waals surface area contributed by atoms with Gasteiger partial charge in [-0.1, -0.05) is 23.7 Å². The molecule has 0 saturated carbocycles. The Morgan fingerprint density at radius 2 is 1.95 bits per heavy atom. The molecule has 1 aliphatic heterocycles. The van der Waals surface area contributed by atoms with E-state index in [4.69, 9.17) is 21.1 Å². The fourth-order valence-electron chi connectivity index (χ4n) is 2.29. The molecule has 0 saturated heterocycles. The number of ether oxygens (including phenoxy) is 2. The van der Waals surface area contributed by atoms with Crippen LogP contribution in [0, 0.1) is 0 Å². The molecule has 0 amide bonds. The zero-order valence-electron chi connectivity index (χ0n) is 10.9. The molecule has 0 radical (unpaired) electrons. The van der Waals surface area contributed by atoms with Gasteiger partial charge in [0.25, 0.3) is 0 Å². The van der Waals surface area contributed by atoms with Gasteiger partial charge in [-0.2, -0.15) is 0 Å². The van der Waals surface area contributed by atoms with E-state index in [1.165, 1.54) is 0 Å². The number of Topliss-reactive ketones (excluding diaryl/α,β-unsaturated/α-hetero) is 1. The highest BCUT2D eigenvalue weighted by Crippen LogP contribution is 2.37. The number of ketones is 1. The third kappa shape index (κ3) is 2.37. The van der Waals surface area contributed by atoms with Crippen LogP contribution in [0.4, 0.5) is 0 Å². The molecular weight excluding hydrogens is 276 g/mol. The molecule has 0 N–H and O–H groups in total. The Hall–Kier alpha value is -2.00. The summed E-state index contributed by atoms with van der Waals surface area (Å²) in [6, 6.07) is 12.6. The van der Waals surface area contributed by atoms with Gasteiger partial charge in [-0.3, -0.25) is 4.79 Å². The second-order valence-corrected chi connectivity index (χ2v) is 5.08. The summed E-state index contributed by atoms with van der Waals surface area (Å²) in [5.74, 6) is 1.32. The van der Waals surface area contributed by atoms with Gasteiger partial charge in [0.2, 0.25) is 0 Å². The van der Waals surface area contributed by atoms with Crippen molar-refractivity contribution in [3.63, 3.8) is 0 Å². The molecule has 3 nitrogen and oxygen atoms in total. The SMILES string of the molecule is COc1ccc2c(c1)OC(c1ccc(Cl)cc1)CC2=O. The highest BCUT2D eigenvalue weighted by Gasteiger charge is 2.27. The number of hydrogen-bond donors (Lipinski definition) is 0. The Bertz CT molecular complexity index is 649. The summed E-state index contributed by atoms with van der Waals surface area (Å²) < 4.78 is 11.1. The largest absolute Gasteiger partial charge is 0.497 e. The molecule has 1 aliphatic rings. The molecule has 3 rings (SSSR count). The van der Waals surface area contributed by atoms with Gasteiger partial charge >= 0.3 is 0 Å². The summed E-state index contributed by atoms with van der Waals surface area (Å²) in [5.41, 5.74) is 1.55. The molecule has 20 heavy (non-hydrogen) atoms. The Morgan fingerprint density at radius 3 is 2.65 bits per heavy atom. The third-order valence-electron chi connectivity index (χ3n) is 3.37. The summed E-state index contributed by atoms with van der Waals surface area (Å²) in [5, 5.41) is 0.665. The van der Waals surface area contributed by atoms with E-state index in [9.17, 15) is 4.79 Å². The first-order chi connectivity index (χ1) is 9.67. The average molecular weight is 289 g/mol. The van der Waals surface area contributed by atoms with E-state index >= 15 is 0 Å². The first kappa shape index (κ1) is 13.0. The van der Waals surface area contributed by atoms with Crippen molar-refractivity contribution in [2.24, 2.45) is 0 Å². The topological polar surface area (TPSA) is 35.5 Å². The summed E-state index contributed by atoms with van der Waals surface area (Å²) in [6.45, 7) is 0. The monoisotopic (exact) mass is 288 g/mol. The minimum atomic E-state index is -0.278. The minimum Gasteiger partial charge on any atom is -0.497 e. The lowest BCUT2D eigenvalue weighted by molar-refractivity contribution is 0.0849. The molecule has 2 aromatic carbocycles. The molecule has 0 aromatic heterocycles. The molecule has 1 atom stereocenters. The van der Waals surface area contributed by atoms with Gasteiger partial charge in [0.15, 0.2) is 5.78 Å². The molecule has 0 spiro atoms. The summed E-state index contributed by atoms with van der Waals surface area (Å²) >= 11 is 5.88. The van der Waals surface area contributed by atoms with Crippen LogP contribution in [-0.2, 0) is 0 Å². The zero-order valence-corrected chi connectivity index (χ0v) is 11.7. The van der Waals surface area contributed by atoms with E-state index in [2.05, 4.69) is 0 Å². The van der Waals surface area contributed by atoms with Gasteiger partial charge in [-0.15, -0.1) is 0 Å². The van der Waals surface area contributed by atoms with Crippen molar-refractivity contribution >= 4 is 17.4 Å². The Kier molecular flexibility index (Phi) is 3.36. The van der Waals surface area contributed by atoms with Crippen LogP contribution in [0.25, 0.3) is 0 Å². The van der Waals surface area contributed by atoms with Crippen LogP contribution in [0.2, 0.25) is 5.02 Å². The molecule has 4 heteroatoms. The van der Waals surface area contributed by atoms with E-state index < -0.39 is 0 Å². The van der Waals surface area contributed by atoms with Crippen LogP contribution >= 0.6 is 11.6 Å². The van der Waals surface area contributed by atoms with E-state index in [0.29, 0.717) is 28.5 Å². The Labute approximate surface area is 122 Å². The number of benzene rings is 2. The Balaban J connectivity index is 1.94. The molecule has 102 valence electrons. The van der Waals surface area contributed by atoms with E-state index in [1.807, 2.05) is 12.1 Å². The summed E-state index contributed by atoms with van der Waals surface area (Å²) in [4.78, 5) is 12.2. The summed E-state index contributed by atoms with van der Waals surface area (Å²) in [7, 11) is 1.59. The molecule has 0 bridgehead atoms. The van der Waals surface area contributed by atoms with Gasteiger partial charge < -0.3 is 9.47 Å². The Morgan fingerprint density at radius 1 is 1.20 bits per heavy atom. The maximum absolute atomic E-state index is 12.2. The minimum absolute atomic E-state index is 0.0776. The van der Waals surface area contributed by atoms with Crippen molar-refractivity contribution < 1.29 is 14.3 Å². The highest BCUT2D eigenvalue weighted by atomic mass is 35.5. The second-order valence-electron chi connectivity index (χ2n) is 4.65. The van der Waals surface area contributed by atoms with Crippen molar-refractivity contribution in [1.29, 1.82) is 0 Å². The van der Waals surface area contributed by atoms with Crippen LogP contribution in [0.3, 0.4) is 0 Å². The zero-order chi connectivity index (χ0) is 14.1. The van der Waals surface area contributed by atoms with Gasteiger partial charge in [0.05, 0.1) is 19.1 Å². The smallest absolute Gasteiger partial charge is 0.170 e. The van der Waals surface area contributed by atoms with Crippen LogP contribution in [-0.4, -0.2) is 12.9 Å². The lowest BCUT2D eigenvalue weighted by Gasteiger charge is -2.25. The fraction of sp³-hybridized carbons (Fsp3) is 0.188.